The molecule has 1 aliphatic rings. The summed E-state index contributed by atoms with van der Waals surface area (Å²) >= 11 is 0. The number of carbonyl (C=O) groups is 1. The molecule has 1 fully saturated rings. The number of piperidine rings is 1. The van der Waals surface area contributed by atoms with Gasteiger partial charge in [-0.2, -0.15) is 4.98 Å². The molecule has 3 aromatic rings. The molecule has 1 aromatic heterocycles. The maximum atomic E-state index is 11.6. The largest absolute Gasteiger partial charge is 0.497 e. The fourth-order valence-corrected chi connectivity index (χ4v) is 3.64. The van der Waals surface area contributed by atoms with Gasteiger partial charge in [0.25, 0.3) is 0 Å². The molecule has 1 amide bonds. The van der Waals surface area contributed by atoms with E-state index in [1.165, 1.54) is 0 Å². The van der Waals surface area contributed by atoms with E-state index in [2.05, 4.69) is 15.3 Å². The van der Waals surface area contributed by atoms with Gasteiger partial charge in [0.15, 0.2) is 0 Å². The monoisotopic (exact) mass is 464 g/mol. The van der Waals surface area contributed by atoms with Crippen LogP contribution in [0.25, 0.3) is 0 Å². The summed E-state index contributed by atoms with van der Waals surface area (Å²) in [4.78, 5) is 22.4. The summed E-state index contributed by atoms with van der Waals surface area (Å²) in [7, 11) is 3.22. The lowest BCUT2D eigenvalue weighted by Crippen LogP contribution is -2.41. The highest BCUT2D eigenvalue weighted by Gasteiger charge is 2.22. The number of ether oxygens (including phenoxy) is 4. The molecule has 9 heteroatoms. The topological polar surface area (TPSA) is 95.0 Å². The first-order chi connectivity index (χ1) is 16.5. The van der Waals surface area contributed by atoms with Gasteiger partial charge in [-0.1, -0.05) is 0 Å². The first kappa shape index (κ1) is 23.2. The van der Waals surface area contributed by atoms with Crippen LogP contribution in [0.15, 0.2) is 54.7 Å². The Morgan fingerprint density at radius 2 is 1.41 bits per heavy atom. The Balaban J connectivity index is 1.54. The Bertz CT molecular complexity index is 1100. The van der Waals surface area contributed by atoms with E-state index in [1.54, 1.807) is 63.7 Å². The molecule has 0 atom stereocenters. The van der Waals surface area contributed by atoms with Gasteiger partial charge in [0.2, 0.25) is 11.8 Å². The minimum Gasteiger partial charge on any atom is -0.497 e. The summed E-state index contributed by atoms with van der Waals surface area (Å²) in [5, 5.41) is 3.47. The highest BCUT2D eigenvalue weighted by molar-refractivity contribution is 5.73. The Kier molecular flexibility index (Phi) is 7.31. The molecule has 0 radical (unpaired) electrons. The zero-order valence-corrected chi connectivity index (χ0v) is 19.5. The van der Waals surface area contributed by atoms with E-state index in [4.69, 9.17) is 18.9 Å². The molecule has 0 spiro atoms. The van der Waals surface area contributed by atoms with Crippen LogP contribution in [0.3, 0.4) is 0 Å². The molecule has 1 N–H and O–H groups in total. The molecule has 0 unspecified atom stereocenters. The van der Waals surface area contributed by atoms with E-state index < -0.39 is 0 Å². The molecule has 0 bridgehead atoms. The smallest absolute Gasteiger partial charge is 0.325 e. The number of hydrogen-bond donors (Lipinski definition) is 1. The van der Waals surface area contributed by atoms with E-state index >= 15 is 0 Å². The van der Waals surface area contributed by atoms with Crippen molar-refractivity contribution in [2.75, 3.05) is 32.6 Å². The summed E-state index contributed by atoms with van der Waals surface area (Å²) in [5.74, 6) is 3.09. The number of nitrogens with zero attached hydrogens (tertiary/aromatic N) is 3. The highest BCUT2D eigenvalue weighted by atomic mass is 16.5. The minimum absolute atomic E-state index is 0.102. The third kappa shape index (κ3) is 5.86. The highest BCUT2D eigenvalue weighted by Crippen LogP contribution is 2.32. The molecule has 34 heavy (non-hydrogen) atoms. The maximum Gasteiger partial charge on any atom is 0.325 e. The first-order valence-corrected chi connectivity index (χ1v) is 11.1. The van der Waals surface area contributed by atoms with Crippen LogP contribution in [-0.4, -0.2) is 54.1 Å². The summed E-state index contributed by atoms with van der Waals surface area (Å²) in [5.41, 5.74) is 0.652. The number of nitrogens with one attached hydrogen (secondary N) is 1. The third-order valence-corrected chi connectivity index (χ3v) is 5.57. The second-order valence-corrected chi connectivity index (χ2v) is 7.85. The van der Waals surface area contributed by atoms with Crippen molar-refractivity contribution in [3.63, 3.8) is 0 Å². The fraction of sp³-hybridized carbons (Fsp3) is 0.320. The molecular weight excluding hydrogens is 436 g/mol. The molecule has 2 heterocycles. The van der Waals surface area contributed by atoms with Crippen molar-refractivity contribution in [3.05, 3.63) is 54.7 Å². The average molecular weight is 465 g/mol. The van der Waals surface area contributed by atoms with E-state index in [9.17, 15) is 4.79 Å². The second kappa shape index (κ2) is 10.7. The van der Waals surface area contributed by atoms with Gasteiger partial charge in [-0.05, 0) is 61.4 Å². The van der Waals surface area contributed by atoms with Crippen LogP contribution < -0.4 is 24.3 Å². The molecule has 1 saturated heterocycles. The Labute approximate surface area is 198 Å². The normalized spacial score (nSPS) is 13.8. The SMILES string of the molecule is COc1ccc(Oc2ncc(NC3CCN(C(C)=O)CC3)c(Oc3ccc(OC)cc3)n2)cc1. The maximum absolute atomic E-state index is 11.6. The quantitative estimate of drug-likeness (QED) is 0.521. The second-order valence-electron chi connectivity index (χ2n) is 7.85. The number of aromatic nitrogens is 2. The Hall–Kier alpha value is -4.01. The van der Waals surface area contributed by atoms with Gasteiger partial charge < -0.3 is 29.2 Å². The number of likely N-dealkylation sites (tertiary alicyclic amines) is 1. The molecule has 4 rings (SSSR count). The van der Waals surface area contributed by atoms with Crippen molar-refractivity contribution in [2.45, 2.75) is 25.8 Å². The van der Waals surface area contributed by atoms with Gasteiger partial charge in [0, 0.05) is 26.1 Å². The molecular formula is C25H28N4O5. The molecule has 178 valence electrons. The van der Waals surface area contributed by atoms with Gasteiger partial charge >= 0.3 is 6.01 Å². The Morgan fingerprint density at radius 3 is 1.94 bits per heavy atom. The predicted molar refractivity (Wildman–Crippen MR) is 127 cm³/mol. The summed E-state index contributed by atoms with van der Waals surface area (Å²) < 4.78 is 22.3. The fourth-order valence-electron chi connectivity index (χ4n) is 3.64. The summed E-state index contributed by atoms with van der Waals surface area (Å²) in [6, 6.07) is 14.7. The lowest BCUT2D eigenvalue weighted by molar-refractivity contribution is -0.129. The molecule has 0 saturated carbocycles. The number of hydrogen-bond acceptors (Lipinski definition) is 8. The number of benzene rings is 2. The van der Waals surface area contributed by atoms with Crippen LogP contribution in [0.5, 0.6) is 34.9 Å². The van der Waals surface area contributed by atoms with Gasteiger partial charge in [0.1, 0.15) is 28.7 Å². The number of rotatable bonds is 8. The van der Waals surface area contributed by atoms with Crippen LogP contribution >= 0.6 is 0 Å². The van der Waals surface area contributed by atoms with E-state index in [-0.39, 0.29) is 18.0 Å². The van der Waals surface area contributed by atoms with E-state index in [1.807, 2.05) is 17.0 Å². The average Bonchev–Trinajstić information content (AvgIpc) is 2.87. The lowest BCUT2D eigenvalue weighted by atomic mass is 10.0. The summed E-state index contributed by atoms with van der Waals surface area (Å²) in [6.45, 7) is 3.02. The summed E-state index contributed by atoms with van der Waals surface area (Å²) in [6.07, 6.45) is 3.30. The van der Waals surface area contributed by atoms with Gasteiger partial charge in [-0.25, -0.2) is 4.98 Å². The van der Waals surface area contributed by atoms with Crippen LogP contribution in [0.1, 0.15) is 19.8 Å². The first-order valence-electron chi connectivity index (χ1n) is 11.1. The number of anilines is 1. The van der Waals surface area contributed by atoms with E-state index in [0.717, 1.165) is 24.3 Å². The molecule has 9 nitrogen and oxygen atoms in total. The van der Waals surface area contributed by atoms with Crippen molar-refractivity contribution < 1.29 is 23.7 Å². The molecule has 2 aromatic carbocycles. The van der Waals surface area contributed by atoms with Crippen LogP contribution in [0, 0.1) is 0 Å². The van der Waals surface area contributed by atoms with Crippen molar-refractivity contribution >= 4 is 11.6 Å². The van der Waals surface area contributed by atoms with Crippen molar-refractivity contribution in [3.8, 4) is 34.9 Å². The predicted octanol–water partition coefficient (Wildman–Crippen LogP) is 4.50. The van der Waals surface area contributed by atoms with Crippen molar-refractivity contribution in [1.29, 1.82) is 0 Å². The van der Waals surface area contributed by atoms with Gasteiger partial charge in [-0.15, -0.1) is 0 Å². The van der Waals surface area contributed by atoms with E-state index in [0.29, 0.717) is 36.2 Å². The molecule has 1 aliphatic heterocycles. The van der Waals surface area contributed by atoms with Gasteiger partial charge in [-0.3, -0.25) is 4.79 Å². The Morgan fingerprint density at radius 1 is 0.882 bits per heavy atom. The van der Waals surface area contributed by atoms with Crippen molar-refractivity contribution in [2.24, 2.45) is 0 Å². The zero-order valence-electron chi connectivity index (χ0n) is 19.5. The van der Waals surface area contributed by atoms with Crippen LogP contribution in [0.2, 0.25) is 0 Å². The van der Waals surface area contributed by atoms with Gasteiger partial charge in [0.05, 0.1) is 20.4 Å². The molecule has 0 aliphatic carbocycles. The number of carbonyl (C=O) groups excluding carboxylic acids is 1. The standard InChI is InChI=1S/C25H28N4O5/c1-17(30)29-14-12-18(13-15-29)27-23-16-26-25(34-22-10-6-20(32-3)7-11-22)28-24(23)33-21-8-4-19(31-2)5-9-21/h4-11,16,18,27H,12-15H2,1-3H3. The van der Waals surface area contributed by atoms with Crippen LogP contribution in [0.4, 0.5) is 5.69 Å². The number of amides is 1. The zero-order chi connectivity index (χ0) is 23.9. The van der Waals surface area contributed by atoms with Crippen molar-refractivity contribution in [1.82, 2.24) is 14.9 Å². The minimum atomic E-state index is 0.102. The third-order valence-electron chi connectivity index (χ3n) is 5.57. The van der Waals surface area contributed by atoms with Crippen LogP contribution in [-0.2, 0) is 4.79 Å². The lowest BCUT2D eigenvalue weighted by Gasteiger charge is -2.32. The number of methoxy groups -OCH3 is 2.